The lowest BCUT2D eigenvalue weighted by molar-refractivity contribution is 0.386. The molecule has 0 bridgehead atoms. The zero-order valence-corrected chi connectivity index (χ0v) is 11.1. The summed E-state index contributed by atoms with van der Waals surface area (Å²) in [4.78, 5) is 0. The zero-order chi connectivity index (χ0) is 14.2. The van der Waals surface area contributed by atoms with Crippen LogP contribution in [-0.2, 0) is 12.1 Å². The van der Waals surface area contributed by atoms with E-state index in [1.165, 1.54) is 6.07 Å². The third-order valence-electron chi connectivity index (χ3n) is 2.76. The van der Waals surface area contributed by atoms with Crippen molar-refractivity contribution in [2.24, 2.45) is 5.73 Å². The highest BCUT2D eigenvalue weighted by Gasteiger charge is 2.23. The molecule has 4 nitrogen and oxygen atoms in total. The summed E-state index contributed by atoms with van der Waals surface area (Å²) < 4.78 is 28.1. The second kappa shape index (κ2) is 4.70. The van der Waals surface area contributed by atoms with Crippen molar-refractivity contribution in [3.05, 3.63) is 35.7 Å². The van der Waals surface area contributed by atoms with Gasteiger partial charge in [-0.05, 0) is 39.0 Å². The number of hydrogen-bond acceptors (Lipinski definition) is 3. The van der Waals surface area contributed by atoms with Gasteiger partial charge in [-0.1, -0.05) is 0 Å². The Balaban J connectivity index is 2.62. The lowest BCUT2D eigenvalue weighted by Gasteiger charge is -2.24. The maximum Gasteiger partial charge on any atom is 0.164 e. The summed E-state index contributed by atoms with van der Waals surface area (Å²) in [5, 5.41) is 8.04. The first-order valence-electron chi connectivity index (χ1n) is 5.95. The average Bonchev–Trinajstić information content (AvgIpc) is 2.76. The van der Waals surface area contributed by atoms with Crippen molar-refractivity contribution in [2.75, 3.05) is 0 Å². The number of aromatic nitrogens is 3. The fraction of sp³-hybridized carbons (Fsp3) is 0.385. The highest BCUT2D eigenvalue weighted by atomic mass is 19.2. The van der Waals surface area contributed by atoms with Crippen molar-refractivity contribution in [2.45, 2.75) is 32.9 Å². The third-order valence-corrected chi connectivity index (χ3v) is 2.76. The van der Waals surface area contributed by atoms with Gasteiger partial charge in [-0.15, -0.1) is 10.2 Å². The zero-order valence-electron chi connectivity index (χ0n) is 11.1. The third kappa shape index (κ3) is 2.49. The predicted octanol–water partition coefficient (Wildman–Crippen LogP) is 2.44. The van der Waals surface area contributed by atoms with Crippen molar-refractivity contribution in [3.8, 4) is 11.4 Å². The van der Waals surface area contributed by atoms with Crippen LogP contribution in [0.3, 0.4) is 0 Å². The molecule has 2 aromatic rings. The molecule has 0 saturated heterocycles. The summed E-state index contributed by atoms with van der Waals surface area (Å²) in [6.45, 7) is 6.14. The minimum atomic E-state index is -0.907. The summed E-state index contributed by atoms with van der Waals surface area (Å²) in [5.41, 5.74) is 5.80. The first-order chi connectivity index (χ1) is 8.84. The van der Waals surface area contributed by atoms with Crippen LogP contribution in [0, 0.1) is 11.6 Å². The van der Waals surface area contributed by atoms with Gasteiger partial charge in [0.05, 0.1) is 6.54 Å². The number of benzene rings is 1. The molecule has 0 aliphatic heterocycles. The van der Waals surface area contributed by atoms with Gasteiger partial charge >= 0.3 is 0 Å². The first kappa shape index (κ1) is 13.6. The van der Waals surface area contributed by atoms with Crippen LogP contribution < -0.4 is 5.73 Å². The van der Waals surface area contributed by atoms with Crippen LogP contribution >= 0.6 is 0 Å². The van der Waals surface area contributed by atoms with Crippen molar-refractivity contribution >= 4 is 0 Å². The predicted molar refractivity (Wildman–Crippen MR) is 68.3 cm³/mol. The van der Waals surface area contributed by atoms with Gasteiger partial charge in [0.15, 0.2) is 17.5 Å². The van der Waals surface area contributed by atoms with Gasteiger partial charge in [0.2, 0.25) is 0 Å². The molecule has 1 aromatic heterocycles. The highest BCUT2D eigenvalue weighted by molar-refractivity contribution is 5.56. The fourth-order valence-electron chi connectivity index (χ4n) is 1.98. The molecule has 0 fully saturated rings. The van der Waals surface area contributed by atoms with Crippen LogP contribution in [0.25, 0.3) is 11.4 Å². The summed E-state index contributed by atoms with van der Waals surface area (Å²) >= 11 is 0. The van der Waals surface area contributed by atoms with E-state index in [4.69, 9.17) is 5.73 Å². The summed E-state index contributed by atoms with van der Waals surface area (Å²) in [5.74, 6) is -0.709. The molecule has 19 heavy (non-hydrogen) atoms. The Labute approximate surface area is 110 Å². The van der Waals surface area contributed by atoms with Gasteiger partial charge in [0.25, 0.3) is 0 Å². The van der Waals surface area contributed by atoms with Gasteiger partial charge < -0.3 is 10.3 Å². The van der Waals surface area contributed by atoms with Gasteiger partial charge in [-0.25, -0.2) is 8.78 Å². The molecule has 2 rings (SSSR count). The largest absolute Gasteiger partial charge is 0.324 e. The Hall–Kier alpha value is -1.82. The highest BCUT2D eigenvalue weighted by Crippen LogP contribution is 2.26. The van der Waals surface area contributed by atoms with Crippen molar-refractivity contribution in [1.29, 1.82) is 0 Å². The van der Waals surface area contributed by atoms with Crippen LogP contribution in [-0.4, -0.2) is 14.8 Å². The van der Waals surface area contributed by atoms with Gasteiger partial charge in [0, 0.05) is 11.1 Å². The second-order valence-electron chi connectivity index (χ2n) is 5.28. The Kier molecular flexibility index (Phi) is 3.36. The van der Waals surface area contributed by atoms with Gasteiger partial charge in [0.1, 0.15) is 5.82 Å². The number of nitrogens with two attached hydrogens (primary N) is 1. The lowest BCUT2D eigenvalue weighted by atomic mass is 10.1. The normalized spacial score (nSPS) is 11.9. The molecule has 0 aliphatic rings. The summed E-state index contributed by atoms with van der Waals surface area (Å²) in [7, 11) is 0. The van der Waals surface area contributed by atoms with Gasteiger partial charge in [-0.3, -0.25) is 0 Å². The van der Waals surface area contributed by atoms with E-state index in [2.05, 4.69) is 10.2 Å². The number of halogens is 2. The number of nitrogens with zero attached hydrogens (tertiary/aromatic N) is 3. The van der Waals surface area contributed by atoms with Crippen molar-refractivity contribution < 1.29 is 8.78 Å². The van der Waals surface area contributed by atoms with Crippen LogP contribution in [0.4, 0.5) is 8.78 Å². The SMILES string of the molecule is CC(C)(C)n1c(CN)nnc1-c1ccc(F)c(F)c1. The molecular weight excluding hydrogens is 250 g/mol. The molecule has 0 aliphatic carbocycles. The molecule has 0 atom stereocenters. The topological polar surface area (TPSA) is 56.7 Å². The molecule has 0 unspecified atom stereocenters. The van der Waals surface area contributed by atoms with Crippen LogP contribution in [0.2, 0.25) is 0 Å². The Morgan fingerprint density at radius 2 is 1.84 bits per heavy atom. The Morgan fingerprint density at radius 3 is 2.37 bits per heavy atom. The van der Waals surface area contributed by atoms with E-state index in [1.807, 2.05) is 25.3 Å². The molecule has 1 heterocycles. The molecule has 6 heteroatoms. The van der Waals surface area contributed by atoms with E-state index < -0.39 is 11.6 Å². The Morgan fingerprint density at radius 1 is 1.16 bits per heavy atom. The van der Waals surface area contributed by atoms with E-state index in [1.54, 1.807) is 0 Å². The number of hydrogen-bond donors (Lipinski definition) is 1. The molecular formula is C13H16F2N4. The molecule has 2 N–H and O–H groups in total. The van der Waals surface area contributed by atoms with Crippen molar-refractivity contribution in [1.82, 2.24) is 14.8 Å². The van der Waals surface area contributed by atoms with E-state index in [0.717, 1.165) is 12.1 Å². The maximum atomic E-state index is 13.3. The quantitative estimate of drug-likeness (QED) is 0.908. The van der Waals surface area contributed by atoms with Crippen LogP contribution in [0.5, 0.6) is 0 Å². The van der Waals surface area contributed by atoms with E-state index >= 15 is 0 Å². The maximum absolute atomic E-state index is 13.3. The van der Waals surface area contributed by atoms with Crippen LogP contribution in [0.1, 0.15) is 26.6 Å². The fourth-order valence-corrected chi connectivity index (χ4v) is 1.98. The molecule has 0 spiro atoms. The molecule has 0 radical (unpaired) electrons. The summed E-state index contributed by atoms with van der Waals surface area (Å²) in [6, 6.07) is 3.67. The number of rotatable bonds is 2. The molecule has 102 valence electrons. The van der Waals surface area contributed by atoms with E-state index in [-0.39, 0.29) is 12.1 Å². The van der Waals surface area contributed by atoms with Crippen LogP contribution in [0.15, 0.2) is 18.2 Å². The first-order valence-corrected chi connectivity index (χ1v) is 5.95. The van der Waals surface area contributed by atoms with Crippen molar-refractivity contribution in [3.63, 3.8) is 0 Å². The lowest BCUT2D eigenvalue weighted by Crippen LogP contribution is -2.26. The van der Waals surface area contributed by atoms with E-state index in [9.17, 15) is 8.78 Å². The average molecular weight is 266 g/mol. The molecule has 0 amide bonds. The minimum Gasteiger partial charge on any atom is -0.324 e. The van der Waals surface area contributed by atoms with Gasteiger partial charge in [-0.2, -0.15) is 0 Å². The molecule has 1 aromatic carbocycles. The van der Waals surface area contributed by atoms with E-state index in [0.29, 0.717) is 17.2 Å². The monoisotopic (exact) mass is 266 g/mol. The molecule has 0 saturated carbocycles. The minimum absolute atomic E-state index is 0.230. The second-order valence-corrected chi connectivity index (χ2v) is 5.28. The standard InChI is InChI=1S/C13H16F2N4/c1-13(2,3)19-11(7-16)17-18-12(19)8-4-5-9(14)10(15)6-8/h4-6H,7,16H2,1-3H3. The Bertz CT molecular complexity index is 599. The smallest absolute Gasteiger partial charge is 0.164 e. The summed E-state index contributed by atoms with van der Waals surface area (Å²) in [6.07, 6.45) is 0.